The Morgan fingerprint density at radius 1 is 1.26 bits per heavy atom. The highest BCUT2D eigenvalue weighted by Crippen LogP contribution is 2.23. The van der Waals surface area contributed by atoms with Crippen LogP contribution in [0.2, 0.25) is 0 Å². The summed E-state index contributed by atoms with van der Waals surface area (Å²) in [6.45, 7) is 3.83. The van der Waals surface area contributed by atoms with Gasteiger partial charge >= 0.3 is 0 Å². The molecule has 0 atom stereocenters. The molecule has 19 heavy (non-hydrogen) atoms. The minimum absolute atomic E-state index is 0.0468. The summed E-state index contributed by atoms with van der Waals surface area (Å²) in [5, 5.41) is 12.9. The van der Waals surface area contributed by atoms with Crippen molar-refractivity contribution in [3.05, 3.63) is 41.3 Å². The maximum atomic E-state index is 8.65. The molecule has 3 N–H and O–H groups in total. The molecule has 0 fully saturated rings. The van der Waals surface area contributed by atoms with Crippen molar-refractivity contribution >= 4 is 17.6 Å². The van der Waals surface area contributed by atoms with Crippen LogP contribution in [0, 0.1) is 13.8 Å². The Hall–Kier alpha value is -2.15. The number of nitrogens with two attached hydrogens (primary N) is 1. The molecule has 0 radical (unpaired) electrons. The summed E-state index contributed by atoms with van der Waals surface area (Å²) < 4.78 is 0. The second-order valence-corrected chi connectivity index (χ2v) is 4.89. The lowest BCUT2D eigenvalue weighted by molar-refractivity contribution is 0.318. The van der Waals surface area contributed by atoms with Crippen LogP contribution < -0.4 is 5.73 Å². The van der Waals surface area contributed by atoms with Crippen molar-refractivity contribution in [3.8, 4) is 0 Å². The van der Waals surface area contributed by atoms with Crippen molar-refractivity contribution in [2.75, 3.05) is 0 Å². The molecule has 98 valence electrons. The van der Waals surface area contributed by atoms with Gasteiger partial charge in [-0.3, -0.25) is 0 Å². The van der Waals surface area contributed by atoms with Gasteiger partial charge in [0.15, 0.2) is 11.0 Å². The first-order valence-corrected chi connectivity index (χ1v) is 6.34. The van der Waals surface area contributed by atoms with Gasteiger partial charge in [-0.05, 0) is 43.8 Å². The van der Waals surface area contributed by atoms with Gasteiger partial charge in [-0.25, -0.2) is 15.0 Å². The third-order valence-corrected chi connectivity index (χ3v) is 3.09. The molecule has 2 aromatic heterocycles. The Morgan fingerprint density at radius 2 is 1.95 bits per heavy atom. The van der Waals surface area contributed by atoms with Gasteiger partial charge < -0.3 is 10.9 Å². The Morgan fingerprint density at radius 3 is 2.58 bits per heavy atom. The van der Waals surface area contributed by atoms with Gasteiger partial charge in [0.25, 0.3) is 0 Å². The van der Waals surface area contributed by atoms with Crippen molar-refractivity contribution in [1.82, 2.24) is 15.0 Å². The molecule has 0 aliphatic heterocycles. The first kappa shape index (κ1) is 13.3. The molecule has 0 aromatic carbocycles. The third-order valence-electron chi connectivity index (χ3n) is 2.30. The normalized spacial score (nSPS) is 11.6. The molecule has 7 heteroatoms. The van der Waals surface area contributed by atoms with Gasteiger partial charge in [0.1, 0.15) is 5.03 Å². The fraction of sp³-hybridized carbons (Fsp3) is 0.167. The van der Waals surface area contributed by atoms with Crippen molar-refractivity contribution in [2.45, 2.75) is 24.0 Å². The molecule has 0 aliphatic rings. The van der Waals surface area contributed by atoms with E-state index in [1.165, 1.54) is 11.8 Å². The predicted octanol–water partition coefficient (Wildman–Crippen LogP) is 1.73. The topological polar surface area (TPSA) is 97.3 Å². The summed E-state index contributed by atoms with van der Waals surface area (Å²) in [4.78, 5) is 12.9. The van der Waals surface area contributed by atoms with E-state index in [0.717, 1.165) is 11.4 Å². The first-order valence-electron chi connectivity index (χ1n) is 5.52. The number of oxime groups is 1. The Labute approximate surface area is 114 Å². The van der Waals surface area contributed by atoms with E-state index in [4.69, 9.17) is 10.9 Å². The van der Waals surface area contributed by atoms with E-state index >= 15 is 0 Å². The van der Waals surface area contributed by atoms with E-state index in [1.54, 1.807) is 18.3 Å². The standard InChI is InChI=1S/C12H13N5OS/c1-7-5-8(2)16-12(15-7)19-10-6-9(3-4-14-10)11(13)17-18/h3-6,18H,1-2H3,(H2,13,17). The van der Waals surface area contributed by atoms with E-state index in [9.17, 15) is 0 Å². The second kappa shape index (κ2) is 5.66. The first-order chi connectivity index (χ1) is 9.08. The largest absolute Gasteiger partial charge is 0.409 e. The zero-order valence-corrected chi connectivity index (χ0v) is 11.3. The van der Waals surface area contributed by atoms with Crippen LogP contribution in [0.15, 0.2) is 39.7 Å². The summed E-state index contributed by atoms with van der Waals surface area (Å²) in [7, 11) is 0. The van der Waals surface area contributed by atoms with Gasteiger partial charge in [0, 0.05) is 23.1 Å². The lowest BCUT2D eigenvalue weighted by Gasteiger charge is -2.04. The molecule has 2 aromatic rings. The maximum Gasteiger partial charge on any atom is 0.194 e. The van der Waals surface area contributed by atoms with Crippen LogP contribution in [0.5, 0.6) is 0 Å². The quantitative estimate of drug-likeness (QED) is 0.291. The second-order valence-electron chi connectivity index (χ2n) is 3.90. The number of hydrogen-bond donors (Lipinski definition) is 2. The van der Waals surface area contributed by atoms with Crippen molar-refractivity contribution in [2.24, 2.45) is 10.9 Å². The van der Waals surface area contributed by atoms with E-state index in [0.29, 0.717) is 15.7 Å². The Kier molecular flexibility index (Phi) is 3.96. The zero-order chi connectivity index (χ0) is 13.8. The molecule has 2 heterocycles. The lowest BCUT2D eigenvalue weighted by Crippen LogP contribution is -2.13. The van der Waals surface area contributed by atoms with E-state index in [1.807, 2.05) is 19.9 Å². The van der Waals surface area contributed by atoms with Gasteiger partial charge in [-0.2, -0.15) is 0 Å². The van der Waals surface area contributed by atoms with Gasteiger partial charge in [-0.1, -0.05) is 5.16 Å². The molecule has 0 saturated heterocycles. The van der Waals surface area contributed by atoms with E-state index in [2.05, 4.69) is 20.1 Å². The summed E-state index contributed by atoms with van der Waals surface area (Å²) in [5.74, 6) is 0.0468. The number of aromatic nitrogens is 3. The molecule has 0 amide bonds. The van der Waals surface area contributed by atoms with Crippen molar-refractivity contribution in [1.29, 1.82) is 0 Å². The molecule has 0 spiro atoms. The number of hydrogen-bond acceptors (Lipinski definition) is 6. The Bertz CT molecular complexity index is 609. The summed E-state index contributed by atoms with van der Waals surface area (Å²) in [6.07, 6.45) is 1.60. The molecule has 6 nitrogen and oxygen atoms in total. The fourth-order valence-electron chi connectivity index (χ4n) is 1.52. The summed E-state index contributed by atoms with van der Waals surface area (Å²) in [6, 6.07) is 5.30. The average Bonchev–Trinajstić information content (AvgIpc) is 2.37. The summed E-state index contributed by atoms with van der Waals surface area (Å²) in [5.41, 5.74) is 7.95. The van der Waals surface area contributed by atoms with E-state index < -0.39 is 0 Å². The molecular formula is C12H13N5OS. The zero-order valence-electron chi connectivity index (χ0n) is 10.5. The highest BCUT2D eigenvalue weighted by Gasteiger charge is 2.06. The van der Waals surface area contributed by atoms with Crippen LogP contribution in [-0.2, 0) is 0 Å². The number of amidine groups is 1. The molecule has 0 unspecified atom stereocenters. The minimum atomic E-state index is 0.0468. The average molecular weight is 275 g/mol. The molecular weight excluding hydrogens is 262 g/mol. The van der Waals surface area contributed by atoms with Crippen LogP contribution in [0.3, 0.4) is 0 Å². The number of nitrogens with zero attached hydrogens (tertiary/aromatic N) is 4. The number of aryl methyl sites for hydroxylation is 2. The SMILES string of the molecule is Cc1cc(C)nc(Sc2cc(C(N)=NO)ccn2)n1. The van der Waals surface area contributed by atoms with Crippen LogP contribution in [0.25, 0.3) is 0 Å². The molecule has 0 aliphatic carbocycles. The highest BCUT2D eigenvalue weighted by atomic mass is 32.2. The van der Waals surface area contributed by atoms with Crippen LogP contribution in [0.4, 0.5) is 0 Å². The monoisotopic (exact) mass is 275 g/mol. The fourth-order valence-corrected chi connectivity index (χ4v) is 2.38. The van der Waals surface area contributed by atoms with Crippen molar-refractivity contribution < 1.29 is 5.21 Å². The molecule has 2 rings (SSSR count). The van der Waals surface area contributed by atoms with Crippen LogP contribution >= 0.6 is 11.8 Å². The van der Waals surface area contributed by atoms with Gasteiger partial charge in [0.2, 0.25) is 0 Å². The lowest BCUT2D eigenvalue weighted by atomic mass is 10.2. The third kappa shape index (κ3) is 3.41. The van der Waals surface area contributed by atoms with Crippen LogP contribution in [-0.4, -0.2) is 26.0 Å². The van der Waals surface area contributed by atoms with Crippen molar-refractivity contribution in [3.63, 3.8) is 0 Å². The van der Waals surface area contributed by atoms with Crippen LogP contribution in [0.1, 0.15) is 17.0 Å². The highest BCUT2D eigenvalue weighted by molar-refractivity contribution is 7.99. The molecule has 0 bridgehead atoms. The smallest absolute Gasteiger partial charge is 0.194 e. The Balaban J connectivity index is 2.28. The number of pyridine rings is 1. The maximum absolute atomic E-state index is 8.65. The number of rotatable bonds is 3. The van der Waals surface area contributed by atoms with Gasteiger partial charge in [-0.15, -0.1) is 0 Å². The van der Waals surface area contributed by atoms with E-state index in [-0.39, 0.29) is 5.84 Å². The minimum Gasteiger partial charge on any atom is -0.409 e. The summed E-state index contributed by atoms with van der Waals surface area (Å²) >= 11 is 1.33. The van der Waals surface area contributed by atoms with Gasteiger partial charge in [0.05, 0.1) is 0 Å². The predicted molar refractivity (Wildman–Crippen MR) is 72.4 cm³/mol. The molecule has 0 saturated carbocycles.